The molecule has 1 unspecified atom stereocenters. The van der Waals surface area contributed by atoms with Crippen molar-refractivity contribution in [2.45, 2.75) is 45.6 Å². The first-order valence-electron chi connectivity index (χ1n) is 7.24. The van der Waals surface area contributed by atoms with Crippen molar-refractivity contribution in [3.05, 3.63) is 52.0 Å². The summed E-state index contributed by atoms with van der Waals surface area (Å²) in [5, 5.41) is 6.97. The maximum atomic E-state index is 4.81. The first-order chi connectivity index (χ1) is 9.50. The van der Waals surface area contributed by atoms with E-state index >= 15 is 0 Å². The molecule has 1 aromatic heterocycles. The molecule has 0 saturated heterocycles. The number of nitrogens with one attached hydrogen (secondary N) is 1. The Bertz CT molecular complexity index is 525. The van der Waals surface area contributed by atoms with Crippen molar-refractivity contribution in [1.82, 2.24) is 10.3 Å². The van der Waals surface area contributed by atoms with Crippen LogP contribution in [0.2, 0.25) is 0 Å². The largest absolute Gasteiger partial charge is 0.310 e. The van der Waals surface area contributed by atoms with Gasteiger partial charge in [0.2, 0.25) is 0 Å². The summed E-state index contributed by atoms with van der Waals surface area (Å²) in [6.07, 6.45) is 0.957. The van der Waals surface area contributed by atoms with Gasteiger partial charge in [0.05, 0.1) is 10.7 Å². The van der Waals surface area contributed by atoms with E-state index in [0.717, 1.165) is 13.0 Å². The highest BCUT2D eigenvalue weighted by molar-refractivity contribution is 7.09. The standard InChI is InChI=1S/C17H24N2S/c1-5-18-14(13-9-7-6-8-10-13)11-16-19-15(12-20-16)17(2,3)4/h6-10,12,14,18H,5,11H2,1-4H3. The third kappa shape index (κ3) is 3.90. The van der Waals surface area contributed by atoms with Gasteiger partial charge in [0.15, 0.2) is 0 Å². The molecule has 1 atom stereocenters. The van der Waals surface area contributed by atoms with Gasteiger partial charge in [-0.1, -0.05) is 58.0 Å². The number of benzene rings is 1. The number of likely N-dealkylation sites (N-methyl/N-ethyl adjacent to an activating group) is 1. The van der Waals surface area contributed by atoms with Crippen molar-refractivity contribution in [2.75, 3.05) is 6.54 Å². The number of thiazole rings is 1. The first kappa shape index (κ1) is 15.2. The van der Waals surface area contributed by atoms with Crippen molar-refractivity contribution in [1.29, 1.82) is 0 Å². The second kappa shape index (κ2) is 6.51. The summed E-state index contributed by atoms with van der Waals surface area (Å²) < 4.78 is 0. The Morgan fingerprint density at radius 1 is 1.20 bits per heavy atom. The van der Waals surface area contributed by atoms with Crippen LogP contribution in [0.4, 0.5) is 0 Å². The van der Waals surface area contributed by atoms with E-state index in [0.29, 0.717) is 6.04 Å². The first-order valence-corrected chi connectivity index (χ1v) is 8.12. The lowest BCUT2D eigenvalue weighted by Gasteiger charge is -2.17. The minimum Gasteiger partial charge on any atom is -0.310 e. The Balaban J connectivity index is 2.15. The Morgan fingerprint density at radius 3 is 2.45 bits per heavy atom. The minimum absolute atomic E-state index is 0.134. The fourth-order valence-corrected chi connectivity index (χ4v) is 3.23. The zero-order valence-corrected chi connectivity index (χ0v) is 13.6. The highest BCUT2D eigenvalue weighted by Gasteiger charge is 2.19. The Hall–Kier alpha value is -1.19. The second-order valence-corrected chi connectivity index (χ2v) is 7.04. The third-order valence-electron chi connectivity index (χ3n) is 3.35. The molecule has 0 radical (unpaired) electrons. The molecule has 20 heavy (non-hydrogen) atoms. The van der Waals surface area contributed by atoms with Crippen LogP contribution in [0.3, 0.4) is 0 Å². The van der Waals surface area contributed by atoms with Crippen molar-refractivity contribution in [2.24, 2.45) is 0 Å². The molecule has 0 aliphatic rings. The molecule has 0 fully saturated rings. The summed E-state index contributed by atoms with van der Waals surface area (Å²) in [5.41, 5.74) is 2.66. The maximum absolute atomic E-state index is 4.81. The summed E-state index contributed by atoms with van der Waals surface area (Å²) in [7, 11) is 0. The van der Waals surface area contributed by atoms with Crippen LogP contribution in [-0.4, -0.2) is 11.5 Å². The normalized spacial score (nSPS) is 13.4. The Labute approximate surface area is 126 Å². The number of hydrogen-bond donors (Lipinski definition) is 1. The van der Waals surface area contributed by atoms with E-state index < -0.39 is 0 Å². The zero-order chi connectivity index (χ0) is 14.6. The highest BCUT2D eigenvalue weighted by atomic mass is 32.1. The van der Waals surface area contributed by atoms with E-state index in [9.17, 15) is 0 Å². The van der Waals surface area contributed by atoms with Crippen LogP contribution in [0.5, 0.6) is 0 Å². The van der Waals surface area contributed by atoms with Crippen LogP contribution in [0, 0.1) is 0 Å². The van der Waals surface area contributed by atoms with Gasteiger partial charge in [0.1, 0.15) is 0 Å². The van der Waals surface area contributed by atoms with E-state index in [-0.39, 0.29) is 5.41 Å². The predicted octanol–water partition coefficient (Wildman–Crippen LogP) is 4.33. The summed E-state index contributed by atoms with van der Waals surface area (Å²) in [6.45, 7) is 9.76. The average Bonchev–Trinajstić information content (AvgIpc) is 2.88. The molecule has 1 heterocycles. The smallest absolute Gasteiger partial charge is 0.0947 e. The van der Waals surface area contributed by atoms with E-state index in [4.69, 9.17) is 4.98 Å². The molecule has 0 amide bonds. The molecule has 3 heteroatoms. The van der Waals surface area contributed by atoms with Gasteiger partial charge in [-0.3, -0.25) is 0 Å². The van der Waals surface area contributed by atoms with Gasteiger partial charge in [-0.05, 0) is 12.1 Å². The van der Waals surface area contributed by atoms with Crippen LogP contribution in [0.25, 0.3) is 0 Å². The van der Waals surface area contributed by atoms with Gasteiger partial charge in [-0.25, -0.2) is 4.98 Å². The lowest BCUT2D eigenvalue weighted by atomic mass is 9.93. The van der Waals surface area contributed by atoms with Crippen molar-refractivity contribution < 1.29 is 0 Å². The van der Waals surface area contributed by atoms with Gasteiger partial charge in [-0.2, -0.15) is 0 Å². The quantitative estimate of drug-likeness (QED) is 0.885. The van der Waals surface area contributed by atoms with E-state index in [1.807, 2.05) is 0 Å². The molecular weight excluding hydrogens is 264 g/mol. The van der Waals surface area contributed by atoms with Crippen molar-refractivity contribution in [3.8, 4) is 0 Å². The average molecular weight is 288 g/mol. The molecule has 0 spiro atoms. The van der Waals surface area contributed by atoms with Crippen LogP contribution in [-0.2, 0) is 11.8 Å². The minimum atomic E-state index is 0.134. The Kier molecular flexibility index (Phi) is 4.95. The van der Waals surface area contributed by atoms with Crippen LogP contribution >= 0.6 is 11.3 Å². The Morgan fingerprint density at radius 2 is 1.90 bits per heavy atom. The van der Waals surface area contributed by atoms with Gasteiger partial charge in [0, 0.05) is 23.3 Å². The van der Waals surface area contributed by atoms with Gasteiger partial charge in [-0.15, -0.1) is 11.3 Å². The number of nitrogens with zero attached hydrogens (tertiary/aromatic N) is 1. The molecule has 2 nitrogen and oxygen atoms in total. The number of rotatable bonds is 5. The fraction of sp³-hybridized carbons (Fsp3) is 0.471. The maximum Gasteiger partial charge on any atom is 0.0947 e. The molecule has 0 bridgehead atoms. The highest BCUT2D eigenvalue weighted by Crippen LogP contribution is 2.26. The molecule has 2 aromatic rings. The molecular formula is C17H24N2S. The summed E-state index contributed by atoms with van der Waals surface area (Å²) >= 11 is 1.77. The second-order valence-electron chi connectivity index (χ2n) is 6.10. The van der Waals surface area contributed by atoms with Gasteiger partial charge in [0.25, 0.3) is 0 Å². The van der Waals surface area contributed by atoms with Crippen LogP contribution < -0.4 is 5.32 Å². The lowest BCUT2D eigenvalue weighted by Crippen LogP contribution is -2.23. The SMILES string of the molecule is CCNC(Cc1nc(C(C)(C)C)cs1)c1ccccc1. The van der Waals surface area contributed by atoms with E-state index in [2.05, 4.69) is 68.7 Å². The van der Waals surface area contributed by atoms with Gasteiger partial charge < -0.3 is 5.32 Å². The van der Waals surface area contributed by atoms with Crippen LogP contribution in [0.15, 0.2) is 35.7 Å². The summed E-state index contributed by atoms with van der Waals surface area (Å²) in [4.78, 5) is 4.81. The zero-order valence-electron chi connectivity index (χ0n) is 12.8. The molecule has 1 aromatic carbocycles. The molecule has 2 rings (SSSR count). The number of aromatic nitrogens is 1. The van der Waals surface area contributed by atoms with E-state index in [1.54, 1.807) is 11.3 Å². The van der Waals surface area contributed by atoms with Crippen molar-refractivity contribution in [3.63, 3.8) is 0 Å². The molecule has 1 N–H and O–H groups in total. The topological polar surface area (TPSA) is 24.9 Å². The molecule has 0 saturated carbocycles. The fourth-order valence-electron chi connectivity index (χ4n) is 2.16. The number of hydrogen-bond acceptors (Lipinski definition) is 3. The van der Waals surface area contributed by atoms with Crippen molar-refractivity contribution >= 4 is 11.3 Å². The van der Waals surface area contributed by atoms with Gasteiger partial charge >= 0.3 is 0 Å². The third-order valence-corrected chi connectivity index (χ3v) is 4.22. The molecule has 108 valence electrons. The summed E-state index contributed by atoms with van der Waals surface area (Å²) in [6, 6.07) is 11.0. The summed E-state index contributed by atoms with van der Waals surface area (Å²) in [5.74, 6) is 0. The van der Waals surface area contributed by atoms with E-state index in [1.165, 1.54) is 16.3 Å². The monoisotopic (exact) mass is 288 g/mol. The molecule has 0 aliphatic carbocycles. The predicted molar refractivity (Wildman–Crippen MR) is 87.4 cm³/mol. The lowest BCUT2D eigenvalue weighted by molar-refractivity contribution is 0.539. The van der Waals surface area contributed by atoms with Crippen LogP contribution in [0.1, 0.15) is 50.0 Å². The molecule has 0 aliphatic heterocycles.